The van der Waals surface area contributed by atoms with E-state index in [2.05, 4.69) is 4.98 Å². The summed E-state index contributed by atoms with van der Waals surface area (Å²) in [5.74, 6) is -0.0519. The molecule has 122 valence electrons. The number of nitrogens with two attached hydrogens (primary N) is 1. The molecule has 0 saturated carbocycles. The van der Waals surface area contributed by atoms with Crippen molar-refractivity contribution in [1.82, 2.24) is 9.88 Å². The van der Waals surface area contributed by atoms with Gasteiger partial charge in [-0.05, 0) is 18.8 Å². The Labute approximate surface area is 130 Å². The quantitative estimate of drug-likeness (QED) is 0.825. The number of carbonyl (C=O) groups is 1. The molecule has 1 aromatic rings. The minimum Gasteiger partial charge on any atom is -0.496 e. The van der Waals surface area contributed by atoms with Crippen LogP contribution >= 0.6 is 0 Å². The molecule has 1 fully saturated rings. The fourth-order valence-corrected chi connectivity index (χ4v) is 2.60. The van der Waals surface area contributed by atoms with Crippen molar-refractivity contribution in [2.24, 2.45) is 0 Å². The number of piperidine rings is 1. The smallest absolute Gasteiger partial charge is 0.412 e. The van der Waals surface area contributed by atoms with Crippen LogP contribution in [0.5, 0.6) is 5.75 Å². The first-order valence-electron chi connectivity index (χ1n) is 7.30. The molecule has 0 atom stereocenters. The van der Waals surface area contributed by atoms with Gasteiger partial charge in [0.05, 0.1) is 7.11 Å². The van der Waals surface area contributed by atoms with Crippen molar-refractivity contribution in [3.05, 3.63) is 17.8 Å². The predicted octanol–water partition coefficient (Wildman–Crippen LogP) is 1.72. The number of rotatable bonds is 3. The summed E-state index contributed by atoms with van der Waals surface area (Å²) in [4.78, 5) is 17.6. The van der Waals surface area contributed by atoms with Gasteiger partial charge in [-0.1, -0.05) is 0 Å². The average molecular weight is 309 g/mol. The van der Waals surface area contributed by atoms with Crippen LogP contribution < -0.4 is 10.5 Å². The third kappa shape index (κ3) is 4.00. The van der Waals surface area contributed by atoms with Crippen LogP contribution in [0.15, 0.2) is 12.3 Å². The van der Waals surface area contributed by atoms with E-state index < -0.39 is 11.9 Å². The van der Waals surface area contributed by atoms with Gasteiger partial charge >= 0.3 is 6.09 Å². The van der Waals surface area contributed by atoms with E-state index in [1.54, 1.807) is 24.3 Å². The Kier molecular flexibility index (Phi) is 4.75. The molecule has 1 aliphatic heterocycles. The molecule has 7 heteroatoms. The highest BCUT2D eigenvalue weighted by atomic mass is 16.7. The largest absolute Gasteiger partial charge is 0.496 e. The third-order valence-electron chi connectivity index (χ3n) is 3.67. The van der Waals surface area contributed by atoms with Crippen molar-refractivity contribution in [2.75, 3.05) is 25.9 Å². The summed E-state index contributed by atoms with van der Waals surface area (Å²) in [6.07, 6.45) is 2.81. The molecule has 0 bridgehead atoms. The number of hydrogen-bond donors (Lipinski definition) is 2. The van der Waals surface area contributed by atoms with E-state index in [1.165, 1.54) is 13.8 Å². The number of hydrogen-bond acceptors (Lipinski definition) is 6. The van der Waals surface area contributed by atoms with Gasteiger partial charge in [0, 0.05) is 44.8 Å². The molecule has 0 radical (unpaired) electrons. The van der Waals surface area contributed by atoms with E-state index in [0.717, 1.165) is 24.2 Å². The summed E-state index contributed by atoms with van der Waals surface area (Å²) < 4.78 is 10.3. The van der Waals surface area contributed by atoms with Crippen molar-refractivity contribution >= 4 is 11.9 Å². The lowest BCUT2D eigenvalue weighted by molar-refractivity contribution is -0.140. The first kappa shape index (κ1) is 16.4. The number of ether oxygens (including phenoxy) is 2. The standard InChI is InChI=1S/C15H23N3O4/c1-15(2,20)22-14(19)18-6-4-10(5-7-18)11-9-17-13(16)8-12(11)21-3/h8-10,20H,4-7H2,1-3H3,(H2,16,17). The van der Waals surface area contributed by atoms with Gasteiger partial charge in [-0.15, -0.1) is 0 Å². The molecule has 2 heterocycles. The van der Waals surface area contributed by atoms with Gasteiger partial charge in [0.2, 0.25) is 5.79 Å². The van der Waals surface area contributed by atoms with E-state index in [9.17, 15) is 9.90 Å². The first-order valence-corrected chi connectivity index (χ1v) is 7.30. The van der Waals surface area contributed by atoms with Crippen molar-refractivity contribution in [3.8, 4) is 5.75 Å². The summed E-state index contributed by atoms with van der Waals surface area (Å²) in [5, 5.41) is 9.54. The Morgan fingerprint density at radius 2 is 2.09 bits per heavy atom. The molecule has 0 spiro atoms. The van der Waals surface area contributed by atoms with Gasteiger partial charge in [-0.3, -0.25) is 0 Å². The number of amides is 1. The second-order valence-electron chi connectivity index (χ2n) is 5.93. The highest BCUT2D eigenvalue weighted by molar-refractivity contribution is 5.68. The first-order chi connectivity index (χ1) is 10.3. The van der Waals surface area contributed by atoms with Gasteiger partial charge in [-0.25, -0.2) is 9.78 Å². The Morgan fingerprint density at radius 3 is 2.64 bits per heavy atom. The molecular weight excluding hydrogens is 286 g/mol. The zero-order valence-electron chi connectivity index (χ0n) is 13.2. The number of aromatic nitrogens is 1. The van der Waals surface area contributed by atoms with Crippen LogP contribution in [0.2, 0.25) is 0 Å². The molecule has 0 aliphatic carbocycles. The molecule has 2 rings (SSSR count). The number of likely N-dealkylation sites (tertiary alicyclic amines) is 1. The number of nitrogens with zero attached hydrogens (tertiary/aromatic N) is 2. The van der Waals surface area contributed by atoms with Gasteiger partial charge in [0.25, 0.3) is 0 Å². The molecule has 1 saturated heterocycles. The zero-order valence-corrected chi connectivity index (χ0v) is 13.2. The minimum absolute atomic E-state index is 0.259. The van der Waals surface area contributed by atoms with Crippen molar-refractivity contribution in [2.45, 2.75) is 38.4 Å². The number of anilines is 1. The highest BCUT2D eigenvalue weighted by Gasteiger charge is 2.29. The lowest BCUT2D eigenvalue weighted by atomic mass is 9.90. The van der Waals surface area contributed by atoms with Crippen molar-refractivity contribution in [3.63, 3.8) is 0 Å². The topological polar surface area (TPSA) is 97.9 Å². The second-order valence-corrected chi connectivity index (χ2v) is 5.93. The minimum atomic E-state index is -1.46. The summed E-state index contributed by atoms with van der Waals surface area (Å²) in [7, 11) is 1.61. The summed E-state index contributed by atoms with van der Waals surface area (Å²) in [5.41, 5.74) is 6.68. The SMILES string of the molecule is COc1cc(N)ncc1C1CCN(C(=O)OC(C)(C)O)CC1. The van der Waals surface area contributed by atoms with E-state index in [4.69, 9.17) is 15.2 Å². The maximum absolute atomic E-state index is 11.9. The highest BCUT2D eigenvalue weighted by Crippen LogP contribution is 2.34. The molecule has 1 aliphatic rings. The van der Waals surface area contributed by atoms with Crippen LogP contribution in [0.3, 0.4) is 0 Å². The molecule has 7 nitrogen and oxygen atoms in total. The van der Waals surface area contributed by atoms with E-state index in [1.807, 2.05) is 0 Å². The van der Waals surface area contributed by atoms with Gasteiger partial charge in [0.15, 0.2) is 0 Å². The number of nitrogen functional groups attached to an aromatic ring is 1. The Balaban J connectivity index is 1.99. The van der Waals surface area contributed by atoms with Gasteiger partial charge in [-0.2, -0.15) is 0 Å². The molecule has 0 aromatic carbocycles. The number of aliphatic hydroxyl groups is 1. The second kappa shape index (κ2) is 6.39. The molecule has 0 unspecified atom stereocenters. The summed E-state index contributed by atoms with van der Waals surface area (Å²) in [6.45, 7) is 3.99. The van der Waals surface area contributed by atoms with Gasteiger partial charge in [0.1, 0.15) is 11.6 Å². The van der Waals surface area contributed by atoms with Crippen LogP contribution in [0.4, 0.5) is 10.6 Å². The van der Waals surface area contributed by atoms with Gasteiger partial charge < -0.3 is 25.2 Å². The van der Waals surface area contributed by atoms with Crippen LogP contribution in [-0.2, 0) is 4.74 Å². The monoisotopic (exact) mass is 309 g/mol. The zero-order chi connectivity index (χ0) is 16.3. The Bertz CT molecular complexity index is 534. The van der Waals surface area contributed by atoms with Crippen LogP contribution in [0.25, 0.3) is 0 Å². The predicted molar refractivity (Wildman–Crippen MR) is 81.5 cm³/mol. The number of pyridine rings is 1. The fraction of sp³-hybridized carbons (Fsp3) is 0.600. The molecular formula is C15H23N3O4. The number of carbonyl (C=O) groups excluding carboxylic acids is 1. The fourth-order valence-electron chi connectivity index (χ4n) is 2.60. The summed E-state index contributed by atoms with van der Waals surface area (Å²) in [6, 6.07) is 1.71. The average Bonchev–Trinajstić information content (AvgIpc) is 2.45. The molecule has 1 amide bonds. The van der Waals surface area contributed by atoms with Crippen LogP contribution in [0, 0.1) is 0 Å². The molecule has 22 heavy (non-hydrogen) atoms. The normalized spacial score (nSPS) is 16.5. The molecule has 3 N–H and O–H groups in total. The van der Waals surface area contributed by atoms with Crippen molar-refractivity contribution < 1.29 is 19.4 Å². The van der Waals surface area contributed by atoms with E-state index in [-0.39, 0.29) is 5.92 Å². The Morgan fingerprint density at radius 1 is 1.45 bits per heavy atom. The lowest BCUT2D eigenvalue weighted by Gasteiger charge is -2.33. The molecule has 1 aromatic heterocycles. The van der Waals surface area contributed by atoms with Crippen LogP contribution in [-0.4, -0.2) is 47.1 Å². The number of methoxy groups -OCH3 is 1. The van der Waals surface area contributed by atoms with E-state index >= 15 is 0 Å². The Hall–Kier alpha value is -2.02. The van der Waals surface area contributed by atoms with Crippen LogP contribution in [0.1, 0.15) is 38.2 Å². The third-order valence-corrected chi connectivity index (χ3v) is 3.67. The maximum Gasteiger partial charge on any atom is 0.412 e. The summed E-state index contributed by atoms with van der Waals surface area (Å²) >= 11 is 0. The van der Waals surface area contributed by atoms with Crippen molar-refractivity contribution in [1.29, 1.82) is 0 Å². The van der Waals surface area contributed by atoms with E-state index in [0.29, 0.717) is 18.9 Å². The maximum atomic E-state index is 11.9. The lowest BCUT2D eigenvalue weighted by Crippen LogP contribution is -2.42.